The molecule has 2 aliphatic rings. The van der Waals surface area contributed by atoms with Crippen molar-refractivity contribution < 1.29 is 4.74 Å². The highest BCUT2D eigenvalue weighted by molar-refractivity contribution is 5.37. The van der Waals surface area contributed by atoms with Gasteiger partial charge >= 0.3 is 0 Å². The summed E-state index contributed by atoms with van der Waals surface area (Å²) in [4.78, 5) is 0. The lowest BCUT2D eigenvalue weighted by atomic mass is 10.1. The third-order valence-electron chi connectivity index (χ3n) is 3.84. The van der Waals surface area contributed by atoms with Crippen molar-refractivity contribution in [2.45, 2.75) is 38.2 Å². The summed E-state index contributed by atoms with van der Waals surface area (Å²) in [6.07, 6.45) is 8.94. The first kappa shape index (κ1) is 11.8. The molecule has 96 valence electrons. The highest BCUT2D eigenvalue weighted by Crippen LogP contribution is 2.27. The van der Waals surface area contributed by atoms with E-state index < -0.39 is 0 Å². The Hall–Kier alpha value is -1.28. The number of benzene rings is 1. The second-order valence-corrected chi connectivity index (χ2v) is 5.26. The monoisotopic (exact) mass is 243 g/mol. The Morgan fingerprint density at radius 3 is 3.06 bits per heavy atom. The Morgan fingerprint density at radius 2 is 2.22 bits per heavy atom. The van der Waals surface area contributed by atoms with Gasteiger partial charge in [0.2, 0.25) is 0 Å². The van der Waals surface area contributed by atoms with Crippen molar-refractivity contribution in [1.82, 2.24) is 5.32 Å². The molecule has 1 aromatic rings. The zero-order valence-corrected chi connectivity index (χ0v) is 10.8. The van der Waals surface area contributed by atoms with Crippen LogP contribution < -0.4 is 10.1 Å². The molecule has 0 aromatic heterocycles. The van der Waals surface area contributed by atoms with E-state index in [2.05, 4.69) is 29.6 Å². The second kappa shape index (κ2) is 5.57. The highest BCUT2D eigenvalue weighted by Gasteiger charge is 2.21. The van der Waals surface area contributed by atoms with Gasteiger partial charge in [-0.3, -0.25) is 0 Å². The molecule has 0 amide bonds. The fourth-order valence-corrected chi connectivity index (χ4v) is 2.84. The Bertz CT molecular complexity index is 413. The van der Waals surface area contributed by atoms with Crippen LogP contribution in [0.3, 0.4) is 0 Å². The van der Waals surface area contributed by atoms with E-state index >= 15 is 0 Å². The molecule has 1 atom stereocenters. The van der Waals surface area contributed by atoms with Gasteiger partial charge in [0.1, 0.15) is 11.9 Å². The summed E-state index contributed by atoms with van der Waals surface area (Å²) in [5.41, 5.74) is 2.99. The Balaban J connectivity index is 1.38. The molecule has 1 heterocycles. The molecule has 1 aliphatic heterocycles. The van der Waals surface area contributed by atoms with Crippen LogP contribution in [-0.2, 0) is 6.42 Å². The van der Waals surface area contributed by atoms with Gasteiger partial charge in [-0.05, 0) is 43.9 Å². The van der Waals surface area contributed by atoms with Gasteiger partial charge in [0.05, 0.1) is 0 Å². The molecule has 1 aromatic carbocycles. The summed E-state index contributed by atoms with van der Waals surface area (Å²) in [6.45, 7) is 2.05. The molecule has 18 heavy (non-hydrogen) atoms. The maximum absolute atomic E-state index is 5.90. The van der Waals surface area contributed by atoms with Crippen LogP contribution in [0.5, 0.6) is 5.75 Å². The summed E-state index contributed by atoms with van der Waals surface area (Å²) in [6, 6.07) is 8.36. The van der Waals surface area contributed by atoms with Crippen LogP contribution in [-0.4, -0.2) is 19.2 Å². The molecule has 0 saturated carbocycles. The first-order chi connectivity index (χ1) is 8.92. The van der Waals surface area contributed by atoms with Crippen LogP contribution in [0.25, 0.3) is 0 Å². The van der Waals surface area contributed by atoms with Crippen molar-refractivity contribution in [3.8, 4) is 5.75 Å². The molecule has 0 fully saturated rings. The Kier molecular flexibility index (Phi) is 3.65. The first-order valence-corrected chi connectivity index (χ1v) is 7.05. The molecule has 1 N–H and O–H groups in total. The largest absolute Gasteiger partial charge is 0.488 e. The van der Waals surface area contributed by atoms with Gasteiger partial charge in [-0.1, -0.05) is 29.8 Å². The lowest BCUT2D eigenvalue weighted by molar-refractivity contribution is 0.228. The molecule has 0 radical (unpaired) electrons. The molecule has 1 unspecified atom stereocenters. The van der Waals surface area contributed by atoms with E-state index in [-0.39, 0.29) is 0 Å². The molecule has 3 rings (SSSR count). The van der Waals surface area contributed by atoms with Crippen molar-refractivity contribution in [3.05, 3.63) is 41.5 Å². The topological polar surface area (TPSA) is 21.3 Å². The van der Waals surface area contributed by atoms with Gasteiger partial charge < -0.3 is 10.1 Å². The average Bonchev–Trinajstić information content (AvgIpc) is 3.03. The predicted molar refractivity (Wildman–Crippen MR) is 74.0 cm³/mol. The Labute approximate surface area is 109 Å². The number of nitrogens with one attached hydrogen (secondary N) is 1. The first-order valence-electron chi connectivity index (χ1n) is 7.05. The van der Waals surface area contributed by atoms with Crippen molar-refractivity contribution in [2.75, 3.05) is 13.1 Å². The van der Waals surface area contributed by atoms with E-state index in [9.17, 15) is 0 Å². The van der Waals surface area contributed by atoms with Crippen molar-refractivity contribution in [3.63, 3.8) is 0 Å². The lowest BCUT2D eigenvalue weighted by Crippen LogP contribution is -2.30. The SMILES string of the molecule is C1=C(CCNCC2Cc3ccccc3O2)CCC1. The quantitative estimate of drug-likeness (QED) is 0.634. The van der Waals surface area contributed by atoms with Crippen LogP contribution in [0.4, 0.5) is 0 Å². The molecule has 0 bridgehead atoms. The van der Waals surface area contributed by atoms with Crippen molar-refractivity contribution in [2.24, 2.45) is 0 Å². The summed E-state index contributed by atoms with van der Waals surface area (Å²) < 4.78 is 5.90. The molecular weight excluding hydrogens is 222 g/mol. The standard InChI is InChI=1S/C16H21NO/c1-2-6-13(5-1)9-10-17-12-15-11-14-7-3-4-8-16(14)18-15/h3-5,7-8,15,17H,1-2,6,9-12H2. The zero-order chi connectivity index (χ0) is 12.2. The molecule has 0 saturated heterocycles. The van der Waals surface area contributed by atoms with Crippen molar-refractivity contribution in [1.29, 1.82) is 0 Å². The number of allylic oxidation sites excluding steroid dienone is 1. The van der Waals surface area contributed by atoms with E-state index in [1.165, 1.54) is 31.2 Å². The molecule has 2 heteroatoms. The van der Waals surface area contributed by atoms with Crippen molar-refractivity contribution >= 4 is 0 Å². The average molecular weight is 243 g/mol. The molecule has 2 nitrogen and oxygen atoms in total. The molecule has 0 spiro atoms. The van der Waals surface area contributed by atoms with Crippen LogP contribution in [0.2, 0.25) is 0 Å². The third kappa shape index (κ3) is 2.75. The number of rotatable bonds is 5. The van der Waals surface area contributed by atoms with E-state index in [0.29, 0.717) is 6.10 Å². The molecule has 1 aliphatic carbocycles. The van der Waals surface area contributed by atoms with Gasteiger partial charge in [-0.2, -0.15) is 0 Å². The van der Waals surface area contributed by atoms with Crippen LogP contribution >= 0.6 is 0 Å². The van der Waals surface area contributed by atoms with Gasteiger partial charge in [-0.25, -0.2) is 0 Å². The number of para-hydroxylation sites is 1. The van der Waals surface area contributed by atoms with E-state index in [0.717, 1.165) is 25.3 Å². The summed E-state index contributed by atoms with van der Waals surface area (Å²) >= 11 is 0. The maximum Gasteiger partial charge on any atom is 0.123 e. The lowest BCUT2D eigenvalue weighted by Gasteiger charge is -2.12. The van der Waals surface area contributed by atoms with E-state index in [1.807, 2.05) is 6.07 Å². The third-order valence-corrected chi connectivity index (χ3v) is 3.84. The number of fused-ring (bicyclic) bond motifs is 1. The summed E-state index contributed by atoms with van der Waals surface area (Å²) in [5.74, 6) is 1.07. The summed E-state index contributed by atoms with van der Waals surface area (Å²) in [5, 5.41) is 3.52. The van der Waals surface area contributed by atoms with Gasteiger partial charge in [0, 0.05) is 13.0 Å². The van der Waals surface area contributed by atoms with Gasteiger partial charge in [0.15, 0.2) is 0 Å². The minimum Gasteiger partial charge on any atom is -0.488 e. The minimum atomic E-state index is 0.319. The fraction of sp³-hybridized carbons (Fsp3) is 0.500. The second-order valence-electron chi connectivity index (χ2n) is 5.26. The van der Waals surface area contributed by atoms with Crippen LogP contribution in [0.15, 0.2) is 35.9 Å². The smallest absolute Gasteiger partial charge is 0.123 e. The number of hydrogen-bond acceptors (Lipinski definition) is 2. The fourth-order valence-electron chi connectivity index (χ4n) is 2.84. The predicted octanol–water partition coefficient (Wildman–Crippen LogP) is 3.08. The summed E-state index contributed by atoms with van der Waals surface area (Å²) in [7, 11) is 0. The molecular formula is C16H21NO. The normalized spacial score (nSPS) is 21.6. The van der Waals surface area contributed by atoms with E-state index in [1.54, 1.807) is 5.57 Å². The number of ether oxygens (including phenoxy) is 1. The van der Waals surface area contributed by atoms with E-state index in [4.69, 9.17) is 4.74 Å². The van der Waals surface area contributed by atoms with Gasteiger partial charge in [0.25, 0.3) is 0 Å². The van der Waals surface area contributed by atoms with Crippen LogP contribution in [0, 0.1) is 0 Å². The zero-order valence-electron chi connectivity index (χ0n) is 10.8. The van der Waals surface area contributed by atoms with Crippen LogP contribution in [0.1, 0.15) is 31.2 Å². The minimum absolute atomic E-state index is 0.319. The maximum atomic E-state index is 5.90. The highest BCUT2D eigenvalue weighted by atomic mass is 16.5. The Morgan fingerprint density at radius 1 is 1.28 bits per heavy atom. The van der Waals surface area contributed by atoms with Gasteiger partial charge in [-0.15, -0.1) is 0 Å². The number of hydrogen-bond donors (Lipinski definition) is 1.